The number of nitrogens with one attached hydrogen (secondary N) is 2. The van der Waals surface area contributed by atoms with Crippen molar-refractivity contribution in [2.45, 2.75) is 20.8 Å². The van der Waals surface area contributed by atoms with E-state index in [4.69, 9.17) is 0 Å². The molecular formula is C14H21N3O2. The first kappa shape index (κ1) is 15.0. The minimum atomic E-state index is -0.199. The summed E-state index contributed by atoms with van der Waals surface area (Å²) >= 11 is 0. The standard InChI is InChI=1S/C14H21N3O2/c1-9(2)13(18)15-11-7-6-10(3)12(8-11)16-14(19)17(4)5/h6-9H,1-5H3,(H,15,18)(H,16,19). The first-order valence-electron chi connectivity index (χ1n) is 6.21. The fourth-order valence-corrected chi connectivity index (χ4v) is 1.35. The highest BCUT2D eigenvalue weighted by Crippen LogP contribution is 2.21. The van der Waals surface area contributed by atoms with E-state index in [9.17, 15) is 9.59 Å². The number of urea groups is 1. The molecule has 0 unspecified atom stereocenters. The Morgan fingerprint density at radius 3 is 2.32 bits per heavy atom. The van der Waals surface area contributed by atoms with Crippen molar-refractivity contribution < 1.29 is 9.59 Å². The minimum absolute atomic E-state index is 0.0475. The summed E-state index contributed by atoms with van der Waals surface area (Å²) < 4.78 is 0. The van der Waals surface area contributed by atoms with Crippen molar-refractivity contribution in [1.29, 1.82) is 0 Å². The topological polar surface area (TPSA) is 61.4 Å². The molecule has 0 radical (unpaired) electrons. The lowest BCUT2D eigenvalue weighted by Crippen LogP contribution is -2.27. The maximum absolute atomic E-state index is 11.6. The smallest absolute Gasteiger partial charge is 0.321 e. The zero-order valence-electron chi connectivity index (χ0n) is 12.1. The fraction of sp³-hybridized carbons (Fsp3) is 0.429. The highest BCUT2D eigenvalue weighted by atomic mass is 16.2. The molecule has 104 valence electrons. The predicted molar refractivity (Wildman–Crippen MR) is 77.4 cm³/mol. The Balaban J connectivity index is 2.88. The zero-order valence-corrected chi connectivity index (χ0v) is 12.1. The van der Waals surface area contributed by atoms with Gasteiger partial charge >= 0.3 is 6.03 Å². The second-order valence-electron chi connectivity index (χ2n) is 5.00. The molecule has 0 aliphatic carbocycles. The number of hydrogen-bond acceptors (Lipinski definition) is 2. The number of amides is 3. The number of anilines is 2. The van der Waals surface area contributed by atoms with Gasteiger partial charge in [-0.15, -0.1) is 0 Å². The van der Waals surface area contributed by atoms with E-state index in [-0.39, 0.29) is 17.9 Å². The quantitative estimate of drug-likeness (QED) is 0.880. The number of nitrogens with zero attached hydrogens (tertiary/aromatic N) is 1. The number of hydrogen-bond donors (Lipinski definition) is 2. The molecule has 1 aromatic rings. The molecule has 0 fully saturated rings. The largest absolute Gasteiger partial charge is 0.331 e. The van der Waals surface area contributed by atoms with Gasteiger partial charge in [0.15, 0.2) is 0 Å². The zero-order chi connectivity index (χ0) is 14.6. The van der Waals surface area contributed by atoms with Crippen molar-refractivity contribution in [2.75, 3.05) is 24.7 Å². The lowest BCUT2D eigenvalue weighted by molar-refractivity contribution is -0.118. The van der Waals surface area contributed by atoms with Gasteiger partial charge in [0.05, 0.1) is 0 Å². The van der Waals surface area contributed by atoms with E-state index in [1.165, 1.54) is 4.90 Å². The molecule has 0 bridgehead atoms. The second kappa shape index (κ2) is 6.22. The summed E-state index contributed by atoms with van der Waals surface area (Å²) in [6, 6.07) is 5.24. The van der Waals surface area contributed by atoms with E-state index in [1.807, 2.05) is 32.9 Å². The van der Waals surface area contributed by atoms with E-state index in [1.54, 1.807) is 20.2 Å². The third-order valence-corrected chi connectivity index (χ3v) is 2.68. The average molecular weight is 263 g/mol. The molecule has 0 heterocycles. The molecular weight excluding hydrogens is 242 g/mol. The highest BCUT2D eigenvalue weighted by molar-refractivity contribution is 5.94. The summed E-state index contributed by atoms with van der Waals surface area (Å²) in [6.07, 6.45) is 0. The number of carbonyl (C=O) groups is 2. The minimum Gasteiger partial charge on any atom is -0.331 e. The number of aryl methyl sites for hydroxylation is 1. The summed E-state index contributed by atoms with van der Waals surface area (Å²) in [7, 11) is 3.35. The molecule has 0 aliphatic rings. The third-order valence-electron chi connectivity index (χ3n) is 2.68. The fourth-order valence-electron chi connectivity index (χ4n) is 1.35. The Bertz CT molecular complexity index is 482. The van der Waals surface area contributed by atoms with Gasteiger partial charge in [0.1, 0.15) is 0 Å². The van der Waals surface area contributed by atoms with Gasteiger partial charge in [-0.05, 0) is 24.6 Å². The van der Waals surface area contributed by atoms with Crippen molar-refractivity contribution in [3.8, 4) is 0 Å². The molecule has 5 nitrogen and oxygen atoms in total. The van der Waals surface area contributed by atoms with Gasteiger partial charge < -0.3 is 15.5 Å². The van der Waals surface area contributed by atoms with E-state index >= 15 is 0 Å². The van der Waals surface area contributed by atoms with Gasteiger partial charge in [-0.25, -0.2) is 4.79 Å². The van der Waals surface area contributed by atoms with Crippen LogP contribution in [0.15, 0.2) is 18.2 Å². The van der Waals surface area contributed by atoms with Crippen LogP contribution in [0.5, 0.6) is 0 Å². The molecule has 0 atom stereocenters. The molecule has 1 rings (SSSR count). The highest BCUT2D eigenvalue weighted by Gasteiger charge is 2.10. The first-order valence-corrected chi connectivity index (χ1v) is 6.21. The Kier molecular flexibility index (Phi) is 4.92. The van der Waals surface area contributed by atoms with Crippen molar-refractivity contribution in [3.05, 3.63) is 23.8 Å². The number of carbonyl (C=O) groups excluding carboxylic acids is 2. The van der Waals surface area contributed by atoms with Crippen LogP contribution in [0.4, 0.5) is 16.2 Å². The summed E-state index contributed by atoms with van der Waals surface area (Å²) in [5.74, 6) is -0.130. The Labute approximate surface area is 114 Å². The van der Waals surface area contributed by atoms with Crippen LogP contribution in [0.1, 0.15) is 19.4 Å². The molecule has 0 aliphatic heterocycles. The first-order chi connectivity index (χ1) is 8.81. The lowest BCUT2D eigenvalue weighted by atomic mass is 10.1. The molecule has 1 aromatic carbocycles. The molecule has 2 N–H and O–H groups in total. The maximum Gasteiger partial charge on any atom is 0.321 e. The van der Waals surface area contributed by atoms with E-state index in [0.29, 0.717) is 11.4 Å². The summed E-state index contributed by atoms with van der Waals surface area (Å²) in [5.41, 5.74) is 2.32. The molecule has 3 amide bonds. The van der Waals surface area contributed by atoms with Crippen molar-refractivity contribution in [1.82, 2.24) is 4.90 Å². The molecule has 19 heavy (non-hydrogen) atoms. The predicted octanol–water partition coefficient (Wildman–Crippen LogP) is 2.68. The monoisotopic (exact) mass is 263 g/mol. The van der Waals surface area contributed by atoms with Gasteiger partial charge in [0.25, 0.3) is 0 Å². The van der Waals surface area contributed by atoms with Crippen LogP contribution in [-0.4, -0.2) is 30.9 Å². The SMILES string of the molecule is Cc1ccc(NC(=O)C(C)C)cc1NC(=O)N(C)C. The number of rotatable bonds is 3. The van der Waals surface area contributed by atoms with Crippen LogP contribution in [0.25, 0.3) is 0 Å². The van der Waals surface area contributed by atoms with Crippen molar-refractivity contribution >= 4 is 23.3 Å². The maximum atomic E-state index is 11.6. The van der Waals surface area contributed by atoms with Gasteiger partial charge in [0, 0.05) is 31.4 Å². The van der Waals surface area contributed by atoms with Crippen LogP contribution >= 0.6 is 0 Å². The lowest BCUT2D eigenvalue weighted by Gasteiger charge is -2.15. The Morgan fingerprint density at radius 1 is 1.16 bits per heavy atom. The molecule has 0 aromatic heterocycles. The van der Waals surface area contributed by atoms with Crippen LogP contribution in [0, 0.1) is 12.8 Å². The Hall–Kier alpha value is -2.04. The third kappa shape index (κ3) is 4.28. The van der Waals surface area contributed by atoms with Crippen LogP contribution in [0.2, 0.25) is 0 Å². The average Bonchev–Trinajstić information content (AvgIpc) is 2.32. The van der Waals surface area contributed by atoms with Gasteiger partial charge in [-0.3, -0.25) is 4.79 Å². The van der Waals surface area contributed by atoms with Crippen molar-refractivity contribution in [3.63, 3.8) is 0 Å². The summed E-state index contributed by atoms with van der Waals surface area (Å²) in [5, 5.41) is 5.60. The summed E-state index contributed by atoms with van der Waals surface area (Å²) in [4.78, 5) is 24.7. The Morgan fingerprint density at radius 2 is 1.79 bits per heavy atom. The molecule has 0 saturated heterocycles. The van der Waals surface area contributed by atoms with Crippen LogP contribution in [0.3, 0.4) is 0 Å². The van der Waals surface area contributed by atoms with E-state index in [2.05, 4.69) is 10.6 Å². The molecule has 0 saturated carbocycles. The van der Waals surface area contributed by atoms with Crippen molar-refractivity contribution in [2.24, 2.45) is 5.92 Å². The second-order valence-corrected chi connectivity index (χ2v) is 5.00. The van der Waals surface area contributed by atoms with Gasteiger partial charge in [-0.2, -0.15) is 0 Å². The van der Waals surface area contributed by atoms with Gasteiger partial charge in [-0.1, -0.05) is 19.9 Å². The summed E-state index contributed by atoms with van der Waals surface area (Å²) in [6.45, 7) is 5.57. The van der Waals surface area contributed by atoms with E-state index < -0.39 is 0 Å². The van der Waals surface area contributed by atoms with Crippen LogP contribution in [-0.2, 0) is 4.79 Å². The van der Waals surface area contributed by atoms with E-state index in [0.717, 1.165) is 5.56 Å². The van der Waals surface area contributed by atoms with Crippen LogP contribution < -0.4 is 10.6 Å². The molecule has 5 heteroatoms. The number of benzene rings is 1. The van der Waals surface area contributed by atoms with Gasteiger partial charge in [0.2, 0.25) is 5.91 Å². The molecule has 0 spiro atoms. The normalized spacial score (nSPS) is 10.2.